The summed E-state index contributed by atoms with van der Waals surface area (Å²) in [7, 11) is 0. The van der Waals surface area contributed by atoms with Crippen molar-refractivity contribution >= 4 is 5.91 Å². The third-order valence-electron chi connectivity index (χ3n) is 3.78. The minimum absolute atomic E-state index is 0.0231. The van der Waals surface area contributed by atoms with Crippen LogP contribution in [0.15, 0.2) is 15.8 Å². The van der Waals surface area contributed by atoms with Gasteiger partial charge in [0, 0.05) is 18.2 Å². The molecule has 0 saturated carbocycles. The molecule has 0 unspecified atom stereocenters. The Hall–Kier alpha value is -2.42. The minimum Gasteiger partial charge on any atom is -0.394 e. The number of aliphatic hydroxyl groups is 1. The highest BCUT2D eigenvalue weighted by Gasteiger charge is 2.43. The summed E-state index contributed by atoms with van der Waals surface area (Å²) < 4.78 is 49.0. The van der Waals surface area contributed by atoms with Crippen molar-refractivity contribution in [1.82, 2.24) is 9.13 Å². The van der Waals surface area contributed by atoms with E-state index in [2.05, 4.69) is 5.92 Å². The zero-order valence-corrected chi connectivity index (χ0v) is 13.5. The third kappa shape index (κ3) is 3.72. The summed E-state index contributed by atoms with van der Waals surface area (Å²) in [4.78, 5) is 35.6. The molecule has 1 aromatic rings. The quantitative estimate of drug-likeness (QED) is 0.732. The van der Waals surface area contributed by atoms with Gasteiger partial charge in [-0.2, -0.15) is 17.7 Å². The lowest BCUT2D eigenvalue weighted by molar-refractivity contribution is -0.0957. The molecule has 1 saturated heterocycles. The molecule has 26 heavy (non-hydrogen) atoms. The summed E-state index contributed by atoms with van der Waals surface area (Å²) in [6.45, 7) is 0.570. The van der Waals surface area contributed by atoms with Gasteiger partial charge in [-0.05, 0) is 6.92 Å². The lowest BCUT2D eigenvalue weighted by atomic mass is 10.2. The molecule has 1 aliphatic heterocycles. The molecule has 2 rings (SSSR count). The lowest BCUT2D eigenvalue weighted by Crippen LogP contribution is -2.49. The fraction of sp³-hybridized carbons (Fsp3) is 0.533. The molecule has 0 aliphatic carbocycles. The number of halogens is 3. The van der Waals surface area contributed by atoms with Crippen LogP contribution in [-0.2, 0) is 9.47 Å². The molecule has 1 aromatic heterocycles. The Kier molecular flexibility index (Phi) is 5.70. The van der Waals surface area contributed by atoms with E-state index in [1.807, 2.05) is 0 Å². The molecule has 0 spiro atoms. The smallest absolute Gasteiger partial charge is 0.394 e. The third-order valence-corrected chi connectivity index (χ3v) is 3.78. The maximum atomic E-state index is 12.7. The summed E-state index contributed by atoms with van der Waals surface area (Å²) >= 11 is 0. The number of alkyl halides is 3. The maximum absolute atomic E-state index is 12.7. The first-order valence-electron chi connectivity index (χ1n) is 7.39. The van der Waals surface area contributed by atoms with Gasteiger partial charge >= 0.3 is 17.8 Å². The second-order valence-corrected chi connectivity index (χ2v) is 5.55. The normalized spacial score (nSPS) is 23.0. The highest BCUT2D eigenvalue weighted by Crippen LogP contribution is 2.29. The average molecular weight is 376 g/mol. The van der Waals surface area contributed by atoms with Gasteiger partial charge in [-0.25, -0.2) is 4.79 Å². The number of carbonyl (C=O) groups excluding carboxylic acids is 1. The van der Waals surface area contributed by atoms with Gasteiger partial charge in [0.25, 0.3) is 5.56 Å². The van der Waals surface area contributed by atoms with Gasteiger partial charge in [0.2, 0.25) is 0 Å². The van der Waals surface area contributed by atoms with E-state index in [9.17, 15) is 32.7 Å². The monoisotopic (exact) mass is 376 g/mol. The average Bonchev–Trinajstić information content (AvgIpc) is 2.98. The van der Waals surface area contributed by atoms with Gasteiger partial charge in [-0.15, -0.1) is 6.42 Å². The molecule has 0 amide bonds. The van der Waals surface area contributed by atoms with E-state index in [1.54, 1.807) is 0 Å². The van der Waals surface area contributed by atoms with E-state index in [-0.39, 0.29) is 18.6 Å². The van der Waals surface area contributed by atoms with Crippen molar-refractivity contribution < 1.29 is 32.5 Å². The first-order chi connectivity index (χ1) is 12.1. The Bertz CT molecular complexity index is 851. The summed E-state index contributed by atoms with van der Waals surface area (Å²) in [6.07, 6.45) is -2.09. The Labute approximate surface area is 144 Å². The fourth-order valence-corrected chi connectivity index (χ4v) is 2.58. The minimum atomic E-state index is -5.41. The van der Waals surface area contributed by atoms with Gasteiger partial charge in [0.15, 0.2) is 0 Å². The van der Waals surface area contributed by atoms with E-state index in [0.29, 0.717) is 4.57 Å². The zero-order chi connectivity index (χ0) is 19.6. The zero-order valence-electron chi connectivity index (χ0n) is 13.5. The van der Waals surface area contributed by atoms with E-state index in [0.717, 1.165) is 13.1 Å². The van der Waals surface area contributed by atoms with Crippen LogP contribution in [0.2, 0.25) is 0 Å². The number of hydrogen-bond acceptors (Lipinski definition) is 6. The molecular weight excluding hydrogens is 361 g/mol. The molecule has 11 heteroatoms. The molecule has 0 radical (unpaired) electrons. The van der Waals surface area contributed by atoms with Gasteiger partial charge < -0.3 is 14.6 Å². The molecule has 0 bridgehead atoms. The maximum Gasteiger partial charge on any atom is 0.472 e. The Morgan fingerprint density at radius 1 is 1.50 bits per heavy atom. The SMILES string of the molecule is C#CCO[C@H]1C[C@H](n2cc(C)c(=O)n(C(=O)C(F)(F)F)c2=O)O[C@@H]1CO. The molecule has 3 atom stereocenters. The highest BCUT2D eigenvalue weighted by molar-refractivity contribution is 5.84. The topological polar surface area (TPSA) is 99.8 Å². The second kappa shape index (κ2) is 7.45. The van der Waals surface area contributed by atoms with E-state index < -0.39 is 52.9 Å². The van der Waals surface area contributed by atoms with Gasteiger partial charge in [-0.1, -0.05) is 5.92 Å². The predicted octanol–water partition coefficient (Wildman–Crippen LogP) is -0.181. The number of hydrogen-bond donors (Lipinski definition) is 1. The molecule has 2 heterocycles. The molecule has 1 N–H and O–H groups in total. The van der Waals surface area contributed by atoms with Crippen LogP contribution < -0.4 is 11.2 Å². The second-order valence-electron chi connectivity index (χ2n) is 5.55. The number of terminal acetylenes is 1. The highest BCUT2D eigenvalue weighted by atomic mass is 19.4. The van der Waals surface area contributed by atoms with E-state index >= 15 is 0 Å². The van der Waals surface area contributed by atoms with E-state index in [4.69, 9.17) is 15.9 Å². The number of carbonyl (C=O) groups is 1. The number of ether oxygens (including phenoxy) is 2. The molecule has 1 aliphatic rings. The number of rotatable bonds is 4. The van der Waals surface area contributed by atoms with Crippen molar-refractivity contribution in [3.63, 3.8) is 0 Å². The van der Waals surface area contributed by atoms with Crippen molar-refractivity contribution in [2.75, 3.05) is 13.2 Å². The van der Waals surface area contributed by atoms with E-state index in [1.165, 1.54) is 0 Å². The summed E-state index contributed by atoms with van der Waals surface area (Å²) in [6, 6.07) is 0. The van der Waals surface area contributed by atoms with Crippen LogP contribution in [0.1, 0.15) is 23.0 Å². The van der Waals surface area contributed by atoms with Crippen molar-refractivity contribution in [2.24, 2.45) is 0 Å². The van der Waals surface area contributed by atoms with Crippen LogP contribution in [0.3, 0.4) is 0 Å². The summed E-state index contributed by atoms with van der Waals surface area (Å²) in [5.41, 5.74) is -3.13. The molecular formula is C15H15F3N2O6. The molecule has 0 aromatic carbocycles. The number of aryl methyl sites for hydroxylation is 1. The van der Waals surface area contributed by atoms with Crippen LogP contribution in [0.4, 0.5) is 13.2 Å². The molecule has 1 fully saturated rings. The van der Waals surface area contributed by atoms with Crippen molar-refractivity contribution in [3.8, 4) is 12.3 Å². The van der Waals surface area contributed by atoms with Crippen LogP contribution in [-0.4, -0.2) is 51.7 Å². The Morgan fingerprint density at radius 2 is 2.15 bits per heavy atom. The van der Waals surface area contributed by atoms with Crippen molar-refractivity contribution in [1.29, 1.82) is 0 Å². The first-order valence-corrected chi connectivity index (χ1v) is 7.39. The van der Waals surface area contributed by atoms with Crippen LogP contribution in [0.5, 0.6) is 0 Å². The summed E-state index contributed by atoms with van der Waals surface area (Å²) in [5, 5.41) is 9.32. The summed E-state index contributed by atoms with van der Waals surface area (Å²) in [5.74, 6) is -0.376. The Morgan fingerprint density at radius 3 is 2.69 bits per heavy atom. The van der Waals surface area contributed by atoms with Crippen molar-refractivity contribution in [2.45, 2.75) is 38.0 Å². The van der Waals surface area contributed by atoms with Gasteiger partial charge in [0.1, 0.15) is 18.9 Å². The van der Waals surface area contributed by atoms with Gasteiger partial charge in [0.05, 0.1) is 12.7 Å². The largest absolute Gasteiger partial charge is 0.472 e. The van der Waals surface area contributed by atoms with Crippen LogP contribution in [0, 0.1) is 19.3 Å². The number of aliphatic hydroxyl groups excluding tert-OH is 1. The number of aromatic nitrogens is 2. The van der Waals surface area contributed by atoms with Crippen LogP contribution in [0.25, 0.3) is 0 Å². The molecule has 8 nitrogen and oxygen atoms in total. The van der Waals surface area contributed by atoms with Gasteiger partial charge in [-0.3, -0.25) is 14.2 Å². The molecule has 142 valence electrons. The fourth-order valence-electron chi connectivity index (χ4n) is 2.58. The predicted molar refractivity (Wildman–Crippen MR) is 80.6 cm³/mol. The standard InChI is InChI=1S/C15H15F3N2O6/c1-3-4-25-9-5-11(26-10(9)7-21)19-6-8(2)12(22)20(14(19)24)13(23)15(16,17)18/h1,6,9-11,21H,4-5,7H2,2H3/t9-,10+,11+/m0/s1. The Balaban J connectivity index is 2.47. The van der Waals surface area contributed by atoms with Crippen molar-refractivity contribution in [3.05, 3.63) is 32.6 Å². The van der Waals surface area contributed by atoms with Crippen LogP contribution >= 0.6 is 0 Å². The first kappa shape index (κ1) is 19.9. The number of nitrogens with zero attached hydrogens (tertiary/aromatic N) is 2. The lowest BCUT2D eigenvalue weighted by Gasteiger charge is -2.17.